The third kappa shape index (κ3) is 4.23. The fourth-order valence-electron chi connectivity index (χ4n) is 1.75. The van der Waals surface area contributed by atoms with E-state index in [4.69, 9.17) is 10.5 Å². The van der Waals surface area contributed by atoms with E-state index >= 15 is 0 Å². The van der Waals surface area contributed by atoms with Crippen molar-refractivity contribution in [3.63, 3.8) is 0 Å². The highest BCUT2D eigenvalue weighted by Crippen LogP contribution is 2.16. The Kier molecular flexibility index (Phi) is 5.94. The zero-order valence-electron chi connectivity index (χ0n) is 10.4. The summed E-state index contributed by atoms with van der Waals surface area (Å²) in [5.41, 5.74) is 6.92. The van der Waals surface area contributed by atoms with Crippen LogP contribution in [0.25, 0.3) is 0 Å². The van der Waals surface area contributed by atoms with Gasteiger partial charge in [0, 0.05) is 0 Å². The van der Waals surface area contributed by atoms with Crippen LogP contribution in [0.5, 0.6) is 5.75 Å². The van der Waals surface area contributed by atoms with Gasteiger partial charge in [-0.2, -0.15) is 0 Å². The molecule has 0 aliphatic rings. The van der Waals surface area contributed by atoms with Crippen LogP contribution in [0.2, 0.25) is 0 Å². The van der Waals surface area contributed by atoms with Crippen LogP contribution >= 0.6 is 0 Å². The lowest BCUT2D eigenvalue weighted by atomic mass is 10.1. The topological polar surface area (TPSA) is 35.2 Å². The molecular formula is C14H23NO. The molecule has 0 aliphatic heterocycles. The molecule has 90 valence electrons. The molecule has 0 aliphatic carbocycles. The van der Waals surface area contributed by atoms with Crippen molar-refractivity contribution in [3.8, 4) is 5.75 Å². The van der Waals surface area contributed by atoms with E-state index < -0.39 is 0 Å². The predicted octanol–water partition coefficient (Wildman–Crippen LogP) is 3.15. The lowest BCUT2D eigenvalue weighted by Gasteiger charge is -2.16. The van der Waals surface area contributed by atoms with Crippen molar-refractivity contribution >= 4 is 0 Å². The van der Waals surface area contributed by atoms with Crippen LogP contribution in [0.15, 0.2) is 24.3 Å². The smallest absolute Gasteiger partial charge is 0.119 e. The quantitative estimate of drug-likeness (QED) is 0.767. The Morgan fingerprint density at radius 2 is 1.88 bits per heavy atom. The fourth-order valence-corrected chi connectivity index (χ4v) is 1.75. The third-order valence-corrected chi connectivity index (χ3v) is 2.71. The van der Waals surface area contributed by atoms with Gasteiger partial charge in [-0.1, -0.05) is 32.4 Å². The van der Waals surface area contributed by atoms with E-state index in [1.54, 1.807) is 0 Å². The van der Waals surface area contributed by atoms with E-state index in [0.29, 0.717) is 6.54 Å². The Labute approximate surface area is 98.8 Å². The molecule has 1 aromatic carbocycles. The Bertz CT molecular complexity index is 281. The first kappa shape index (κ1) is 13.0. The van der Waals surface area contributed by atoms with Crippen molar-refractivity contribution in [2.75, 3.05) is 6.54 Å². The van der Waals surface area contributed by atoms with Crippen molar-refractivity contribution in [1.82, 2.24) is 0 Å². The van der Waals surface area contributed by atoms with Crippen molar-refractivity contribution in [2.45, 2.75) is 45.6 Å². The Morgan fingerprint density at radius 3 is 2.38 bits per heavy atom. The van der Waals surface area contributed by atoms with Crippen LogP contribution in [0.1, 0.15) is 38.7 Å². The van der Waals surface area contributed by atoms with Gasteiger partial charge in [0.15, 0.2) is 0 Å². The molecule has 0 bridgehead atoms. The van der Waals surface area contributed by atoms with E-state index in [1.807, 2.05) is 0 Å². The largest absolute Gasteiger partial charge is 0.490 e. The number of rotatable bonds is 7. The molecule has 0 amide bonds. The van der Waals surface area contributed by atoms with E-state index in [1.165, 1.54) is 12.0 Å². The van der Waals surface area contributed by atoms with E-state index in [9.17, 15) is 0 Å². The number of hydrogen-bond acceptors (Lipinski definition) is 2. The molecule has 0 saturated carbocycles. The van der Waals surface area contributed by atoms with Gasteiger partial charge >= 0.3 is 0 Å². The standard InChI is InChI=1S/C14H23NO/c1-3-5-12-6-8-14(9-7-12)16-13(4-2)10-11-15/h6-9,13H,3-5,10-11,15H2,1-2H3. The molecule has 0 spiro atoms. The zero-order chi connectivity index (χ0) is 11.8. The van der Waals surface area contributed by atoms with Gasteiger partial charge in [0.05, 0.1) is 6.10 Å². The van der Waals surface area contributed by atoms with Crippen molar-refractivity contribution in [1.29, 1.82) is 0 Å². The molecule has 0 fully saturated rings. The highest BCUT2D eigenvalue weighted by molar-refractivity contribution is 5.27. The van der Waals surface area contributed by atoms with E-state index in [-0.39, 0.29) is 6.10 Å². The number of hydrogen-bond donors (Lipinski definition) is 1. The Morgan fingerprint density at radius 1 is 1.19 bits per heavy atom. The lowest BCUT2D eigenvalue weighted by Crippen LogP contribution is -2.19. The second kappa shape index (κ2) is 7.29. The van der Waals surface area contributed by atoms with Crippen LogP contribution < -0.4 is 10.5 Å². The SMILES string of the molecule is CCCc1ccc(OC(CC)CCN)cc1. The summed E-state index contributed by atoms with van der Waals surface area (Å²) in [5, 5.41) is 0. The van der Waals surface area contributed by atoms with Crippen molar-refractivity contribution < 1.29 is 4.74 Å². The minimum Gasteiger partial charge on any atom is -0.490 e. The summed E-state index contributed by atoms with van der Waals surface area (Å²) < 4.78 is 5.86. The molecule has 16 heavy (non-hydrogen) atoms. The fraction of sp³-hybridized carbons (Fsp3) is 0.571. The maximum Gasteiger partial charge on any atom is 0.119 e. The summed E-state index contributed by atoms with van der Waals surface area (Å²) >= 11 is 0. The van der Waals surface area contributed by atoms with Crippen LogP contribution in [0.4, 0.5) is 0 Å². The molecule has 2 heteroatoms. The van der Waals surface area contributed by atoms with Crippen molar-refractivity contribution in [2.24, 2.45) is 5.73 Å². The van der Waals surface area contributed by atoms with Crippen LogP contribution in [0.3, 0.4) is 0 Å². The molecular weight excluding hydrogens is 198 g/mol. The summed E-state index contributed by atoms with van der Waals surface area (Å²) in [7, 11) is 0. The Balaban J connectivity index is 2.53. The van der Waals surface area contributed by atoms with Gasteiger partial charge in [-0.05, 0) is 43.5 Å². The second-order valence-electron chi connectivity index (χ2n) is 4.12. The number of ether oxygens (including phenoxy) is 1. The molecule has 2 nitrogen and oxygen atoms in total. The van der Waals surface area contributed by atoms with Crippen LogP contribution in [-0.2, 0) is 6.42 Å². The Hall–Kier alpha value is -1.02. The second-order valence-corrected chi connectivity index (χ2v) is 4.12. The summed E-state index contributed by atoms with van der Waals surface area (Å²) in [6, 6.07) is 8.41. The molecule has 0 saturated heterocycles. The predicted molar refractivity (Wildman–Crippen MR) is 68.8 cm³/mol. The molecule has 0 heterocycles. The maximum atomic E-state index is 5.86. The highest BCUT2D eigenvalue weighted by atomic mass is 16.5. The van der Waals surface area contributed by atoms with Gasteiger partial charge < -0.3 is 10.5 Å². The van der Waals surface area contributed by atoms with Gasteiger partial charge in [-0.3, -0.25) is 0 Å². The lowest BCUT2D eigenvalue weighted by molar-refractivity contribution is 0.189. The van der Waals surface area contributed by atoms with Gasteiger partial charge in [-0.25, -0.2) is 0 Å². The molecule has 1 aromatic rings. The first-order valence-electron chi connectivity index (χ1n) is 6.25. The van der Waals surface area contributed by atoms with Crippen molar-refractivity contribution in [3.05, 3.63) is 29.8 Å². The van der Waals surface area contributed by atoms with E-state index in [0.717, 1.165) is 25.0 Å². The molecule has 0 radical (unpaired) electrons. The highest BCUT2D eigenvalue weighted by Gasteiger charge is 2.06. The third-order valence-electron chi connectivity index (χ3n) is 2.71. The monoisotopic (exact) mass is 221 g/mol. The van der Waals surface area contributed by atoms with Gasteiger partial charge in [0.25, 0.3) is 0 Å². The average molecular weight is 221 g/mol. The summed E-state index contributed by atoms with van der Waals surface area (Å²) in [6.07, 6.45) is 4.51. The van der Waals surface area contributed by atoms with Crippen LogP contribution in [0, 0.1) is 0 Å². The molecule has 2 N–H and O–H groups in total. The minimum atomic E-state index is 0.252. The summed E-state index contributed by atoms with van der Waals surface area (Å²) in [6.45, 7) is 5.01. The number of nitrogens with two attached hydrogens (primary N) is 1. The summed E-state index contributed by atoms with van der Waals surface area (Å²) in [4.78, 5) is 0. The number of aryl methyl sites for hydroxylation is 1. The van der Waals surface area contributed by atoms with E-state index in [2.05, 4.69) is 38.1 Å². The first-order chi connectivity index (χ1) is 7.80. The molecule has 0 aromatic heterocycles. The molecule has 1 unspecified atom stereocenters. The minimum absolute atomic E-state index is 0.252. The molecule has 1 atom stereocenters. The molecule has 1 rings (SSSR count). The van der Waals surface area contributed by atoms with Gasteiger partial charge in [-0.15, -0.1) is 0 Å². The van der Waals surface area contributed by atoms with Gasteiger partial charge in [0.1, 0.15) is 5.75 Å². The number of benzene rings is 1. The zero-order valence-corrected chi connectivity index (χ0v) is 10.4. The average Bonchev–Trinajstić information content (AvgIpc) is 2.31. The summed E-state index contributed by atoms with van der Waals surface area (Å²) in [5.74, 6) is 0.958. The maximum absolute atomic E-state index is 5.86. The first-order valence-corrected chi connectivity index (χ1v) is 6.25. The van der Waals surface area contributed by atoms with Crippen LogP contribution in [-0.4, -0.2) is 12.6 Å². The normalized spacial score (nSPS) is 12.4. The van der Waals surface area contributed by atoms with Gasteiger partial charge in [0.2, 0.25) is 0 Å².